The van der Waals surface area contributed by atoms with Gasteiger partial charge in [0.1, 0.15) is 11.6 Å². The molecule has 0 spiro atoms. The second-order valence-corrected chi connectivity index (χ2v) is 7.72. The van der Waals surface area contributed by atoms with E-state index in [0.717, 1.165) is 0 Å². The summed E-state index contributed by atoms with van der Waals surface area (Å²) in [6, 6.07) is 12.6. The molecule has 0 aliphatic heterocycles. The van der Waals surface area contributed by atoms with Crippen LogP contribution in [-0.2, 0) is 11.3 Å². The molecule has 0 fully saturated rings. The Morgan fingerprint density at radius 3 is 2.61 bits per heavy atom. The van der Waals surface area contributed by atoms with E-state index in [2.05, 4.69) is 15.5 Å². The standard InChI is InChI=1S/C22H23FN4O3S/c1-4-27-21(15(3)30-19-10-8-17(23)9-11-19)25-26-22(27)31-13-20(29)24-18-7-5-6-16(12-18)14(2)28/h5-12,15H,4,13H2,1-3H3,(H,24,29). The second-order valence-electron chi connectivity index (χ2n) is 6.77. The number of benzene rings is 2. The van der Waals surface area contributed by atoms with E-state index in [-0.39, 0.29) is 23.3 Å². The summed E-state index contributed by atoms with van der Waals surface area (Å²) >= 11 is 1.26. The third-order valence-electron chi connectivity index (χ3n) is 4.44. The van der Waals surface area contributed by atoms with Gasteiger partial charge in [0.15, 0.2) is 22.9 Å². The topological polar surface area (TPSA) is 86.1 Å². The van der Waals surface area contributed by atoms with Crippen molar-refractivity contribution >= 4 is 29.1 Å². The fraction of sp³-hybridized carbons (Fsp3) is 0.273. The zero-order valence-electron chi connectivity index (χ0n) is 17.5. The summed E-state index contributed by atoms with van der Waals surface area (Å²) in [5.41, 5.74) is 1.10. The van der Waals surface area contributed by atoms with Crippen LogP contribution in [0.5, 0.6) is 5.75 Å². The molecule has 1 aromatic heterocycles. The molecule has 3 aromatic rings. The van der Waals surface area contributed by atoms with Gasteiger partial charge in [-0.05, 0) is 57.2 Å². The molecule has 7 nitrogen and oxygen atoms in total. The molecular weight excluding hydrogens is 419 g/mol. The molecule has 31 heavy (non-hydrogen) atoms. The largest absolute Gasteiger partial charge is 0.483 e. The number of thioether (sulfide) groups is 1. The maximum absolute atomic E-state index is 13.1. The summed E-state index contributed by atoms with van der Waals surface area (Å²) in [6.45, 7) is 5.87. The molecule has 1 atom stereocenters. The van der Waals surface area contributed by atoms with Crippen molar-refractivity contribution in [2.24, 2.45) is 0 Å². The Morgan fingerprint density at radius 2 is 1.94 bits per heavy atom. The van der Waals surface area contributed by atoms with E-state index in [0.29, 0.717) is 34.5 Å². The van der Waals surface area contributed by atoms with E-state index in [1.807, 2.05) is 18.4 Å². The van der Waals surface area contributed by atoms with Crippen LogP contribution < -0.4 is 10.1 Å². The molecule has 9 heteroatoms. The van der Waals surface area contributed by atoms with Crippen molar-refractivity contribution in [3.63, 3.8) is 0 Å². The molecule has 162 valence electrons. The minimum atomic E-state index is -0.407. The molecule has 0 bridgehead atoms. The molecule has 0 aliphatic carbocycles. The molecule has 3 rings (SSSR count). The van der Waals surface area contributed by atoms with Crippen LogP contribution in [0.3, 0.4) is 0 Å². The number of ether oxygens (including phenoxy) is 1. The second kappa shape index (κ2) is 10.2. The predicted octanol–water partition coefficient (Wildman–Crippen LogP) is 4.51. The number of anilines is 1. The van der Waals surface area contributed by atoms with Gasteiger partial charge in [-0.15, -0.1) is 10.2 Å². The zero-order chi connectivity index (χ0) is 22.4. The van der Waals surface area contributed by atoms with E-state index in [4.69, 9.17) is 4.74 Å². The normalized spacial score (nSPS) is 11.7. The predicted molar refractivity (Wildman–Crippen MR) is 117 cm³/mol. The molecule has 1 amide bonds. The SMILES string of the molecule is CCn1c(SCC(=O)Nc2cccc(C(C)=O)c2)nnc1C(C)Oc1ccc(F)cc1. The first-order chi connectivity index (χ1) is 14.9. The van der Waals surface area contributed by atoms with Crippen LogP contribution in [0.1, 0.15) is 43.1 Å². The highest BCUT2D eigenvalue weighted by Crippen LogP contribution is 2.25. The lowest BCUT2D eigenvalue weighted by Crippen LogP contribution is -2.15. The number of Topliss-reactive ketones (excluding diaryl/α,β-unsaturated/α-hetero) is 1. The Kier molecular flexibility index (Phi) is 7.41. The van der Waals surface area contributed by atoms with Crippen molar-refractivity contribution < 1.29 is 18.7 Å². The van der Waals surface area contributed by atoms with Crippen molar-refractivity contribution in [2.45, 2.75) is 38.6 Å². The number of rotatable bonds is 9. The number of hydrogen-bond donors (Lipinski definition) is 1. The van der Waals surface area contributed by atoms with Gasteiger partial charge in [-0.1, -0.05) is 23.9 Å². The Hall–Kier alpha value is -3.20. The minimum Gasteiger partial charge on any atom is -0.483 e. The van der Waals surface area contributed by atoms with Gasteiger partial charge >= 0.3 is 0 Å². The summed E-state index contributed by atoms with van der Waals surface area (Å²) in [7, 11) is 0. The molecule has 2 aromatic carbocycles. The van der Waals surface area contributed by atoms with Gasteiger partial charge in [0.2, 0.25) is 5.91 Å². The first-order valence-electron chi connectivity index (χ1n) is 9.76. The fourth-order valence-corrected chi connectivity index (χ4v) is 3.73. The van der Waals surface area contributed by atoms with E-state index in [9.17, 15) is 14.0 Å². The number of ketones is 1. The molecule has 1 heterocycles. The molecule has 0 radical (unpaired) electrons. The molecule has 0 saturated carbocycles. The summed E-state index contributed by atoms with van der Waals surface area (Å²) < 4.78 is 20.8. The molecule has 1 unspecified atom stereocenters. The van der Waals surface area contributed by atoms with Crippen LogP contribution in [0.2, 0.25) is 0 Å². The first kappa shape index (κ1) is 22.5. The molecule has 1 N–H and O–H groups in total. The van der Waals surface area contributed by atoms with Crippen LogP contribution in [-0.4, -0.2) is 32.2 Å². The lowest BCUT2D eigenvalue weighted by Gasteiger charge is -2.15. The van der Waals surface area contributed by atoms with Crippen LogP contribution in [0.25, 0.3) is 0 Å². The van der Waals surface area contributed by atoms with Gasteiger partial charge in [0.05, 0.1) is 5.75 Å². The van der Waals surface area contributed by atoms with Gasteiger partial charge in [0.25, 0.3) is 0 Å². The van der Waals surface area contributed by atoms with Gasteiger partial charge in [-0.3, -0.25) is 9.59 Å². The van der Waals surface area contributed by atoms with Gasteiger partial charge in [-0.25, -0.2) is 4.39 Å². The average molecular weight is 443 g/mol. The van der Waals surface area contributed by atoms with Crippen molar-refractivity contribution in [3.05, 3.63) is 65.7 Å². The number of halogens is 1. The highest BCUT2D eigenvalue weighted by Gasteiger charge is 2.19. The quantitative estimate of drug-likeness (QED) is 0.388. The van der Waals surface area contributed by atoms with Crippen LogP contribution in [0, 0.1) is 5.82 Å². The van der Waals surface area contributed by atoms with Crippen molar-refractivity contribution in [1.82, 2.24) is 14.8 Å². The van der Waals surface area contributed by atoms with Crippen LogP contribution in [0.4, 0.5) is 10.1 Å². The van der Waals surface area contributed by atoms with Crippen molar-refractivity contribution in [3.8, 4) is 5.75 Å². The third-order valence-corrected chi connectivity index (χ3v) is 5.40. The van der Waals surface area contributed by atoms with E-state index < -0.39 is 6.10 Å². The molecule has 0 saturated heterocycles. The minimum absolute atomic E-state index is 0.0639. The summed E-state index contributed by atoms with van der Waals surface area (Å²) in [5.74, 6) is 0.668. The Morgan fingerprint density at radius 1 is 1.19 bits per heavy atom. The average Bonchev–Trinajstić information content (AvgIpc) is 3.17. The highest BCUT2D eigenvalue weighted by atomic mass is 32.2. The van der Waals surface area contributed by atoms with E-state index in [1.165, 1.54) is 30.8 Å². The van der Waals surface area contributed by atoms with Crippen LogP contribution in [0.15, 0.2) is 53.7 Å². The zero-order valence-corrected chi connectivity index (χ0v) is 18.3. The van der Waals surface area contributed by atoms with Crippen LogP contribution >= 0.6 is 11.8 Å². The van der Waals surface area contributed by atoms with Gasteiger partial charge in [0, 0.05) is 17.8 Å². The van der Waals surface area contributed by atoms with Gasteiger partial charge < -0.3 is 14.6 Å². The van der Waals surface area contributed by atoms with Gasteiger partial charge in [-0.2, -0.15) is 0 Å². The monoisotopic (exact) mass is 442 g/mol. The lowest BCUT2D eigenvalue weighted by molar-refractivity contribution is -0.113. The fourth-order valence-electron chi connectivity index (χ4n) is 2.92. The maximum Gasteiger partial charge on any atom is 0.234 e. The summed E-state index contributed by atoms with van der Waals surface area (Å²) in [4.78, 5) is 23.8. The molecule has 0 aliphatic rings. The Balaban J connectivity index is 1.62. The number of amides is 1. The summed E-state index contributed by atoms with van der Waals surface area (Å²) in [6.07, 6.45) is -0.407. The third kappa shape index (κ3) is 5.91. The van der Waals surface area contributed by atoms with E-state index >= 15 is 0 Å². The number of hydrogen-bond acceptors (Lipinski definition) is 6. The number of carbonyl (C=O) groups excluding carboxylic acids is 2. The number of carbonyl (C=O) groups is 2. The Labute approximate surface area is 184 Å². The number of nitrogens with one attached hydrogen (secondary N) is 1. The maximum atomic E-state index is 13.1. The highest BCUT2D eigenvalue weighted by molar-refractivity contribution is 7.99. The first-order valence-corrected chi connectivity index (χ1v) is 10.7. The molecular formula is C22H23FN4O3S. The number of aromatic nitrogens is 3. The number of nitrogens with zero attached hydrogens (tertiary/aromatic N) is 3. The van der Waals surface area contributed by atoms with Crippen molar-refractivity contribution in [2.75, 3.05) is 11.1 Å². The summed E-state index contributed by atoms with van der Waals surface area (Å²) in [5, 5.41) is 11.8. The lowest BCUT2D eigenvalue weighted by atomic mass is 10.1. The van der Waals surface area contributed by atoms with E-state index in [1.54, 1.807) is 36.4 Å². The smallest absolute Gasteiger partial charge is 0.234 e. The Bertz CT molecular complexity index is 1070. The van der Waals surface area contributed by atoms with Crippen molar-refractivity contribution in [1.29, 1.82) is 0 Å².